The van der Waals surface area contributed by atoms with E-state index in [0.717, 1.165) is 0 Å². The molecule has 8 nitrogen and oxygen atoms in total. The van der Waals surface area contributed by atoms with E-state index in [1.807, 2.05) is 5.32 Å². The molecule has 0 heterocycles. The second-order valence-electron chi connectivity index (χ2n) is 3.40. The lowest BCUT2D eigenvalue weighted by Gasteiger charge is -2.06. The van der Waals surface area contributed by atoms with Gasteiger partial charge in [-0.3, -0.25) is 19.7 Å². The molecule has 0 aliphatic heterocycles. The highest BCUT2D eigenvalue weighted by Crippen LogP contribution is 1.88. The number of amides is 4. The van der Waals surface area contributed by atoms with E-state index in [0.29, 0.717) is 6.54 Å². The number of nitrogens with one attached hydrogen (secondary N) is 3. The SMILES string of the molecule is CCNC(=O)CCNC(=O)NC(=O)CCC(=O)O. The Hall–Kier alpha value is -2.12. The summed E-state index contributed by atoms with van der Waals surface area (Å²) in [5.41, 5.74) is 0. The highest BCUT2D eigenvalue weighted by molar-refractivity contribution is 5.95. The number of urea groups is 1. The van der Waals surface area contributed by atoms with Crippen molar-refractivity contribution in [1.82, 2.24) is 16.0 Å². The molecule has 4 N–H and O–H groups in total. The van der Waals surface area contributed by atoms with Crippen molar-refractivity contribution in [1.29, 1.82) is 0 Å². The van der Waals surface area contributed by atoms with Crippen LogP contribution in [-0.2, 0) is 14.4 Å². The molecule has 0 aromatic rings. The summed E-state index contributed by atoms with van der Waals surface area (Å²) in [6.07, 6.45) is -0.484. The van der Waals surface area contributed by atoms with E-state index in [-0.39, 0.29) is 31.7 Å². The van der Waals surface area contributed by atoms with Gasteiger partial charge in [0.1, 0.15) is 0 Å². The molecule has 0 radical (unpaired) electrons. The molecule has 102 valence electrons. The van der Waals surface area contributed by atoms with Gasteiger partial charge in [0.15, 0.2) is 0 Å². The number of hydrogen-bond acceptors (Lipinski definition) is 4. The molecule has 4 amide bonds. The summed E-state index contributed by atoms with van der Waals surface area (Å²) >= 11 is 0. The monoisotopic (exact) mass is 259 g/mol. The Balaban J connectivity index is 3.67. The topological polar surface area (TPSA) is 125 Å². The fourth-order valence-electron chi connectivity index (χ4n) is 1.03. The van der Waals surface area contributed by atoms with Crippen LogP contribution in [0, 0.1) is 0 Å². The molecule has 0 atom stereocenters. The Kier molecular flexibility index (Phi) is 7.91. The van der Waals surface area contributed by atoms with Crippen LogP contribution in [0.25, 0.3) is 0 Å². The Labute approximate surface area is 104 Å². The van der Waals surface area contributed by atoms with Crippen molar-refractivity contribution in [3.8, 4) is 0 Å². The molecule has 8 heteroatoms. The molecule has 0 fully saturated rings. The summed E-state index contributed by atoms with van der Waals surface area (Å²) in [5.74, 6) is -1.98. The van der Waals surface area contributed by atoms with Gasteiger partial charge in [0.25, 0.3) is 0 Å². The van der Waals surface area contributed by atoms with Crippen LogP contribution < -0.4 is 16.0 Å². The van der Waals surface area contributed by atoms with E-state index in [2.05, 4.69) is 10.6 Å². The Morgan fingerprint density at radius 1 is 0.944 bits per heavy atom. The van der Waals surface area contributed by atoms with Gasteiger partial charge in [-0.1, -0.05) is 0 Å². The van der Waals surface area contributed by atoms with Crippen molar-refractivity contribution in [2.75, 3.05) is 13.1 Å². The third kappa shape index (κ3) is 9.13. The van der Waals surface area contributed by atoms with Crippen molar-refractivity contribution in [2.45, 2.75) is 26.2 Å². The fourth-order valence-corrected chi connectivity index (χ4v) is 1.03. The lowest BCUT2D eigenvalue weighted by Crippen LogP contribution is -2.41. The number of aliphatic carboxylic acids is 1. The van der Waals surface area contributed by atoms with Crippen molar-refractivity contribution in [3.05, 3.63) is 0 Å². The third-order valence-electron chi connectivity index (χ3n) is 1.83. The first-order valence-electron chi connectivity index (χ1n) is 5.51. The van der Waals surface area contributed by atoms with Crippen LogP contribution in [0.15, 0.2) is 0 Å². The van der Waals surface area contributed by atoms with E-state index >= 15 is 0 Å². The molecule has 0 saturated carbocycles. The van der Waals surface area contributed by atoms with Gasteiger partial charge >= 0.3 is 12.0 Å². The van der Waals surface area contributed by atoms with Gasteiger partial charge in [-0.05, 0) is 6.92 Å². The van der Waals surface area contributed by atoms with E-state index in [4.69, 9.17) is 5.11 Å². The van der Waals surface area contributed by atoms with Crippen molar-refractivity contribution in [3.63, 3.8) is 0 Å². The number of carboxylic acid groups (broad SMARTS) is 1. The van der Waals surface area contributed by atoms with Crippen LogP contribution >= 0.6 is 0 Å². The maximum atomic E-state index is 11.1. The maximum absolute atomic E-state index is 11.1. The molecule has 0 aliphatic carbocycles. The minimum Gasteiger partial charge on any atom is -0.481 e. The summed E-state index contributed by atoms with van der Waals surface area (Å²) in [4.78, 5) is 43.3. The van der Waals surface area contributed by atoms with Crippen LogP contribution in [0.2, 0.25) is 0 Å². The van der Waals surface area contributed by atoms with Gasteiger partial charge < -0.3 is 15.7 Å². The van der Waals surface area contributed by atoms with E-state index in [1.165, 1.54) is 0 Å². The maximum Gasteiger partial charge on any atom is 0.321 e. The summed E-state index contributed by atoms with van der Waals surface area (Å²) in [6, 6.07) is -0.741. The molecule has 0 aromatic carbocycles. The smallest absolute Gasteiger partial charge is 0.321 e. The van der Waals surface area contributed by atoms with Gasteiger partial charge in [0.2, 0.25) is 11.8 Å². The van der Waals surface area contributed by atoms with Gasteiger partial charge in [-0.15, -0.1) is 0 Å². The predicted molar refractivity (Wildman–Crippen MR) is 61.7 cm³/mol. The van der Waals surface area contributed by atoms with Gasteiger partial charge in [0.05, 0.1) is 6.42 Å². The van der Waals surface area contributed by atoms with Crippen LogP contribution in [0.4, 0.5) is 4.79 Å². The van der Waals surface area contributed by atoms with Gasteiger partial charge in [-0.25, -0.2) is 4.79 Å². The second-order valence-corrected chi connectivity index (χ2v) is 3.40. The van der Waals surface area contributed by atoms with Crippen molar-refractivity contribution >= 4 is 23.8 Å². The quantitative estimate of drug-likeness (QED) is 0.476. The molecular weight excluding hydrogens is 242 g/mol. The molecule has 0 aliphatic rings. The Morgan fingerprint density at radius 2 is 1.61 bits per heavy atom. The standard InChI is InChI=1S/C10H17N3O5/c1-2-11-7(14)5-6-12-10(18)13-8(15)3-4-9(16)17/h2-6H2,1H3,(H,11,14)(H,16,17)(H2,12,13,15,18). The average molecular weight is 259 g/mol. The number of carbonyl (C=O) groups excluding carboxylic acids is 3. The zero-order valence-electron chi connectivity index (χ0n) is 10.1. The van der Waals surface area contributed by atoms with Gasteiger partial charge in [0, 0.05) is 25.9 Å². The summed E-state index contributed by atoms with van der Waals surface area (Å²) in [5, 5.41) is 15.1. The molecule has 0 spiro atoms. The predicted octanol–water partition coefficient (Wildman–Crippen LogP) is -0.797. The largest absolute Gasteiger partial charge is 0.481 e. The second kappa shape index (κ2) is 8.97. The first kappa shape index (κ1) is 15.9. The van der Waals surface area contributed by atoms with E-state index < -0.39 is 17.9 Å². The molecule has 18 heavy (non-hydrogen) atoms. The molecule has 0 aromatic heterocycles. The first-order valence-corrected chi connectivity index (χ1v) is 5.51. The van der Waals surface area contributed by atoms with Crippen molar-refractivity contribution < 1.29 is 24.3 Å². The van der Waals surface area contributed by atoms with Crippen LogP contribution in [0.5, 0.6) is 0 Å². The van der Waals surface area contributed by atoms with Crippen LogP contribution in [0.3, 0.4) is 0 Å². The van der Waals surface area contributed by atoms with E-state index in [9.17, 15) is 19.2 Å². The Bertz CT molecular complexity index is 329. The summed E-state index contributed by atoms with van der Waals surface area (Å²) < 4.78 is 0. The average Bonchev–Trinajstić information content (AvgIpc) is 2.26. The minimum atomic E-state index is -1.11. The number of carbonyl (C=O) groups is 4. The normalized spacial score (nSPS) is 9.39. The van der Waals surface area contributed by atoms with Crippen molar-refractivity contribution in [2.24, 2.45) is 0 Å². The first-order chi connectivity index (χ1) is 8.45. The number of hydrogen-bond donors (Lipinski definition) is 4. The van der Waals surface area contributed by atoms with E-state index in [1.54, 1.807) is 6.92 Å². The highest BCUT2D eigenvalue weighted by atomic mass is 16.4. The number of rotatable bonds is 7. The summed E-state index contributed by atoms with van der Waals surface area (Å²) in [7, 11) is 0. The lowest BCUT2D eigenvalue weighted by atomic mass is 10.3. The zero-order valence-corrected chi connectivity index (χ0v) is 10.1. The van der Waals surface area contributed by atoms with Gasteiger partial charge in [-0.2, -0.15) is 0 Å². The van der Waals surface area contributed by atoms with Crippen LogP contribution in [0.1, 0.15) is 26.2 Å². The zero-order chi connectivity index (χ0) is 14.0. The fraction of sp³-hybridized carbons (Fsp3) is 0.600. The molecule has 0 rings (SSSR count). The van der Waals surface area contributed by atoms with Crippen LogP contribution in [-0.4, -0.2) is 42.0 Å². The number of carboxylic acids is 1. The number of imide groups is 1. The minimum absolute atomic E-state index is 0.101. The summed E-state index contributed by atoms with van der Waals surface area (Å²) in [6.45, 7) is 2.39. The molecular formula is C10H17N3O5. The highest BCUT2D eigenvalue weighted by Gasteiger charge is 2.09. The molecule has 0 saturated heterocycles. The molecule has 0 unspecified atom stereocenters. The lowest BCUT2D eigenvalue weighted by molar-refractivity contribution is -0.138. The Morgan fingerprint density at radius 3 is 2.17 bits per heavy atom. The molecule has 0 bridgehead atoms. The third-order valence-corrected chi connectivity index (χ3v) is 1.83.